The molecule has 180 valence electrons. The summed E-state index contributed by atoms with van der Waals surface area (Å²) in [5.41, 5.74) is 3.61. The Morgan fingerprint density at radius 3 is 2.15 bits per heavy atom. The van der Waals surface area contributed by atoms with Crippen molar-refractivity contribution in [3.63, 3.8) is 0 Å². The highest BCUT2D eigenvalue weighted by atomic mass is 16.6. The van der Waals surface area contributed by atoms with Gasteiger partial charge >= 0.3 is 12.1 Å². The van der Waals surface area contributed by atoms with Crippen molar-refractivity contribution in [3.05, 3.63) is 65.2 Å². The van der Waals surface area contributed by atoms with Gasteiger partial charge in [0.25, 0.3) is 5.91 Å². The molecule has 10 nitrogen and oxygen atoms in total. The summed E-state index contributed by atoms with van der Waals surface area (Å²) >= 11 is 0. The Morgan fingerprint density at radius 1 is 0.912 bits per heavy atom. The largest absolute Gasteiger partial charge is 0.482 e. The Kier molecular flexibility index (Phi) is 10.2. The van der Waals surface area contributed by atoms with Crippen molar-refractivity contribution < 1.29 is 33.4 Å². The van der Waals surface area contributed by atoms with Crippen LogP contribution in [0.2, 0.25) is 0 Å². The van der Waals surface area contributed by atoms with E-state index in [0.717, 1.165) is 0 Å². The predicted octanol–water partition coefficient (Wildman–Crippen LogP) is 2.71. The van der Waals surface area contributed by atoms with E-state index in [-0.39, 0.29) is 25.6 Å². The first-order chi connectivity index (χ1) is 16.3. The normalized spacial score (nSPS) is 11.4. The summed E-state index contributed by atoms with van der Waals surface area (Å²) in [6, 6.07) is 11.9. The van der Waals surface area contributed by atoms with E-state index < -0.39 is 24.0 Å². The van der Waals surface area contributed by atoms with Crippen LogP contribution >= 0.6 is 0 Å². The lowest BCUT2D eigenvalue weighted by Gasteiger charge is -2.13. The van der Waals surface area contributed by atoms with Gasteiger partial charge in [0.2, 0.25) is 0 Å². The zero-order valence-corrected chi connectivity index (χ0v) is 19.2. The van der Waals surface area contributed by atoms with Gasteiger partial charge in [-0.05, 0) is 62.7 Å². The number of amides is 2. The topological polar surface area (TPSA) is 132 Å². The summed E-state index contributed by atoms with van der Waals surface area (Å²) in [4.78, 5) is 47.7. The van der Waals surface area contributed by atoms with Crippen LogP contribution in [0.25, 0.3) is 0 Å². The first-order valence-electron chi connectivity index (χ1n) is 10.6. The molecule has 34 heavy (non-hydrogen) atoms. The number of benzene rings is 2. The second-order valence-corrected chi connectivity index (χ2v) is 6.89. The number of nitrogens with one attached hydrogen (secondary N) is 2. The molecule has 2 N–H and O–H groups in total. The second kappa shape index (κ2) is 13.4. The summed E-state index contributed by atoms with van der Waals surface area (Å²) < 4.78 is 14.8. The Morgan fingerprint density at radius 2 is 1.53 bits per heavy atom. The molecule has 0 aliphatic heterocycles. The maximum Gasteiger partial charge on any atom is 0.427 e. The molecule has 0 saturated heterocycles. The molecule has 0 spiro atoms. The van der Waals surface area contributed by atoms with E-state index in [4.69, 9.17) is 9.47 Å². The molecule has 0 aromatic heterocycles. The molecular weight excluding hydrogens is 442 g/mol. The van der Waals surface area contributed by atoms with Gasteiger partial charge in [-0.3, -0.25) is 9.59 Å². The minimum atomic E-state index is -0.770. The standard InChI is InChI=1S/C24H27N3O7/c1-4-32-21(28)15-34-20-12-10-18(11-13-20)22(29)16(3)26-23(30)19-8-6-17(7-9-19)14-25-27-24(31)33-5-2/h6-14,16H,4-5,15H2,1-3H3,(H,26,30)(H,27,31)/t16-/m0/s1. The molecular formula is C24H27N3O7. The van der Waals surface area contributed by atoms with Crippen LogP contribution in [0.1, 0.15) is 47.1 Å². The van der Waals surface area contributed by atoms with E-state index in [1.165, 1.54) is 6.21 Å². The number of hydrazone groups is 1. The lowest BCUT2D eigenvalue weighted by Crippen LogP contribution is -2.38. The van der Waals surface area contributed by atoms with Crippen LogP contribution in [0.3, 0.4) is 0 Å². The molecule has 2 rings (SSSR count). The van der Waals surface area contributed by atoms with Gasteiger partial charge in [0.05, 0.1) is 25.5 Å². The molecule has 1 atom stereocenters. The molecule has 10 heteroatoms. The number of carbonyl (C=O) groups is 4. The van der Waals surface area contributed by atoms with Crippen LogP contribution < -0.4 is 15.5 Å². The SMILES string of the molecule is CCOC(=O)COc1ccc(C(=O)[C@H](C)NC(=O)c2ccc(C=NNC(=O)OCC)cc2)cc1. The predicted molar refractivity (Wildman–Crippen MR) is 124 cm³/mol. The van der Waals surface area contributed by atoms with Gasteiger partial charge < -0.3 is 19.5 Å². The minimum absolute atomic E-state index is 0.222. The van der Waals surface area contributed by atoms with E-state index >= 15 is 0 Å². The van der Waals surface area contributed by atoms with E-state index in [2.05, 4.69) is 20.6 Å². The monoisotopic (exact) mass is 469 g/mol. The van der Waals surface area contributed by atoms with Gasteiger partial charge in [-0.1, -0.05) is 12.1 Å². The van der Waals surface area contributed by atoms with Crippen molar-refractivity contribution in [2.45, 2.75) is 26.8 Å². The summed E-state index contributed by atoms with van der Waals surface area (Å²) in [7, 11) is 0. The lowest BCUT2D eigenvalue weighted by atomic mass is 10.0. The smallest absolute Gasteiger partial charge is 0.427 e. The van der Waals surface area contributed by atoms with E-state index in [1.54, 1.807) is 69.3 Å². The van der Waals surface area contributed by atoms with Gasteiger partial charge in [-0.15, -0.1) is 0 Å². The number of rotatable bonds is 11. The van der Waals surface area contributed by atoms with Crippen LogP contribution in [0.4, 0.5) is 4.79 Å². The summed E-state index contributed by atoms with van der Waals surface area (Å²) in [6.07, 6.45) is 0.748. The molecule has 0 aliphatic carbocycles. The number of hydrogen-bond acceptors (Lipinski definition) is 8. The van der Waals surface area contributed by atoms with E-state index in [0.29, 0.717) is 22.4 Å². The third-order valence-corrected chi connectivity index (χ3v) is 4.36. The van der Waals surface area contributed by atoms with Crippen LogP contribution in [-0.2, 0) is 14.3 Å². The number of esters is 1. The van der Waals surface area contributed by atoms with Crippen molar-refractivity contribution in [2.75, 3.05) is 19.8 Å². The maximum atomic E-state index is 12.7. The highest BCUT2D eigenvalue weighted by Gasteiger charge is 2.18. The van der Waals surface area contributed by atoms with Crippen LogP contribution in [0.5, 0.6) is 5.75 Å². The van der Waals surface area contributed by atoms with Gasteiger partial charge in [-0.25, -0.2) is 15.0 Å². The molecule has 2 amide bonds. The van der Waals surface area contributed by atoms with Gasteiger partial charge in [0.1, 0.15) is 5.75 Å². The fourth-order valence-corrected chi connectivity index (χ4v) is 2.70. The molecule has 0 aliphatic rings. The Hall–Kier alpha value is -4.21. The van der Waals surface area contributed by atoms with E-state index in [1.807, 2.05) is 0 Å². The molecule has 0 bridgehead atoms. The number of ketones is 1. The van der Waals surface area contributed by atoms with Crippen molar-refractivity contribution in [2.24, 2.45) is 5.10 Å². The van der Waals surface area contributed by atoms with Gasteiger partial charge in [0.15, 0.2) is 12.4 Å². The summed E-state index contributed by atoms with van der Waals surface area (Å²) in [5, 5.41) is 6.41. The number of hydrogen-bond donors (Lipinski definition) is 2. The van der Waals surface area contributed by atoms with Crippen LogP contribution in [0.15, 0.2) is 53.6 Å². The summed E-state index contributed by atoms with van der Waals surface area (Å²) in [5.74, 6) is -0.752. The number of Topliss-reactive ketones (excluding diaryl/α,β-unsaturated/α-hetero) is 1. The first-order valence-corrected chi connectivity index (χ1v) is 10.6. The molecule has 0 fully saturated rings. The fraction of sp³-hybridized carbons (Fsp3) is 0.292. The average molecular weight is 469 g/mol. The first kappa shape index (κ1) is 26.0. The fourth-order valence-electron chi connectivity index (χ4n) is 2.70. The second-order valence-electron chi connectivity index (χ2n) is 6.89. The van der Waals surface area contributed by atoms with Crippen molar-refractivity contribution >= 4 is 30.0 Å². The van der Waals surface area contributed by atoms with Crippen LogP contribution in [0, 0.1) is 0 Å². The third-order valence-electron chi connectivity index (χ3n) is 4.36. The molecule has 2 aromatic rings. The molecule has 0 saturated carbocycles. The Balaban J connectivity index is 1.88. The molecule has 0 radical (unpaired) electrons. The van der Waals surface area contributed by atoms with Gasteiger partial charge in [0, 0.05) is 11.1 Å². The third kappa shape index (κ3) is 8.38. The highest BCUT2D eigenvalue weighted by molar-refractivity contribution is 6.04. The quantitative estimate of drug-likeness (QED) is 0.224. The zero-order valence-electron chi connectivity index (χ0n) is 19.2. The number of ether oxygens (including phenoxy) is 3. The van der Waals surface area contributed by atoms with Gasteiger partial charge in [-0.2, -0.15) is 5.10 Å². The molecule has 0 heterocycles. The zero-order chi connectivity index (χ0) is 24.9. The van der Waals surface area contributed by atoms with Crippen molar-refractivity contribution in [3.8, 4) is 5.75 Å². The highest BCUT2D eigenvalue weighted by Crippen LogP contribution is 2.14. The average Bonchev–Trinajstić information content (AvgIpc) is 2.83. The molecule has 0 unspecified atom stereocenters. The Labute approximate surface area is 197 Å². The molecule has 2 aromatic carbocycles. The van der Waals surface area contributed by atoms with Crippen LogP contribution in [-0.4, -0.2) is 55.8 Å². The van der Waals surface area contributed by atoms with Crippen molar-refractivity contribution in [1.29, 1.82) is 0 Å². The van der Waals surface area contributed by atoms with Crippen molar-refractivity contribution in [1.82, 2.24) is 10.7 Å². The minimum Gasteiger partial charge on any atom is -0.482 e. The maximum absolute atomic E-state index is 12.7. The summed E-state index contributed by atoms with van der Waals surface area (Å²) in [6.45, 7) is 5.27. The van der Waals surface area contributed by atoms with E-state index in [9.17, 15) is 19.2 Å². The lowest BCUT2D eigenvalue weighted by molar-refractivity contribution is -0.145. The Bertz CT molecular complexity index is 1020. The number of carbonyl (C=O) groups excluding carboxylic acids is 4. The number of nitrogens with zero attached hydrogens (tertiary/aromatic N) is 1.